The second-order valence-corrected chi connectivity index (χ2v) is 3.29. The van der Waals surface area contributed by atoms with Gasteiger partial charge in [0.25, 0.3) is 5.69 Å². The number of hydrogen-bond acceptors (Lipinski definition) is 6. The molecule has 1 aliphatic rings. The second kappa shape index (κ2) is 4.97. The summed E-state index contributed by atoms with van der Waals surface area (Å²) < 4.78 is 0. The van der Waals surface area contributed by atoms with E-state index in [0.717, 1.165) is 0 Å². The smallest absolute Gasteiger partial charge is 0.270 e. The molecule has 0 fully saturated rings. The van der Waals surface area contributed by atoms with Crippen LogP contribution in [-0.2, 0) is 0 Å². The molecule has 0 aliphatic carbocycles. The Labute approximate surface area is 96.7 Å². The SMILES string of the molecule is O=[N+]([O-])c1cccc(/C=N/NC2C=NN=C2)c1. The number of benzene rings is 1. The number of hydrogen-bond donors (Lipinski definition) is 1. The van der Waals surface area contributed by atoms with Crippen LogP contribution in [0.2, 0.25) is 0 Å². The van der Waals surface area contributed by atoms with Crippen LogP contribution in [0.3, 0.4) is 0 Å². The molecule has 1 N–H and O–H groups in total. The Morgan fingerprint density at radius 3 is 2.88 bits per heavy atom. The lowest BCUT2D eigenvalue weighted by Gasteiger charge is -2.00. The third-order valence-electron chi connectivity index (χ3n) is 2.04. The van der Waals surface area contributed by atoms with E-state index in [2.05, 4.69) is 20.7 Å². The highest BCUT2D eigenvalue weighted by molar-refractivity contribution is 5.91. The van der Waals surface area contributed by atoms with Crippen LogP contribution in [0.1, 0.15) is 5.56 Å². The fraction of sp³-hybridized carbons (Fsp3) is 0.100. The van der Waals surface area contributed by atoms with E-state index in [1.165, 1.54) is 18.3 Å². The van der Waals surface area contributed by atoms with Gasteiger partial charge in [-0.3, -0.25) is 15.5 Å². The maximum atomic E-state index is 10.5. The second-order valence-electron chi connectivity index (χ2n) is 3.29. The third kappa shape index (κ3) is 2.94. The minimum absolute atomic E-state index is 0.0398. The Balaban J connectivity index is 2.00. The van der Waals surface area contributed by atoms with E-state index in [0.29, 0.717) is 5.56 Å². The Kier molecular flexibility index (Phi) is 3.20. The van der Waals surface area contributed by atoms with Crippen molar-refractivity contribution in [1.82, 2.24) is 5.43 Å². The van der Waals surface area contributed by atoms with Crippen LogP contribution in [0.5, 0.6) is 0 Å². The Bertz CT molecular complexity index is 497. The standard InChI is InChI=1S/C10H9N5O2/c16-15(17)10-3-1-2-8(4-10)5-13-14-9-6-11-12-7-9/h1-7,9,14H/b13-5+. The third-order valence-corrected chi connectivity index (χ3v) is 2.04. The molecule has 86 valence electrons. The molecule has 0 atom stereocenters. The summed E-state index contributed by atoms with van der Waals surface area (Å²) in [4.78, 5) is 10.1. The van der Waals surface area contributed by atoms with Crippen molar-refractivity contribution in [3.63, 3.8) is 0 Å². The minimum Gasteiger partial charge on any atom is -0.296 e. The zero-order chi connectivity index (χ0) is 12.1. The van der Waals surface area contributed by atoms with Gasteiger partial charge in [0, 0.05) is 17.7 Å². The summed E-state index contributed by atoms with van der Waals surface area (Å²) >= 11 is 0. The minimum atomic E-state index is -0.443. The van der Waals surface area contributed by atoms with Crippen molar-refractivity contribution in [1.29, 1.82) is 0 Å². The zero-order valence-corrected chi connectivity index (χ0v) is 8.72. The number of nitrogens with zero attached hydrogens (tertiary/aromatic N) is 4. The van der Waals surface area contributed by atoms with Crippen LogP contribution in [0.4, 0.5) is 5.69 Å². The molecular weight excluding hydrogens is 222 g/mol. The molecule has 0 aromatic heterocycles. The van der Waals surface area contributed by atoms with Crippen molar-refractivity contribution >= 4 is 24.3 Å². The summed E-state index contributed by atoms with van der Waals surface area (Å²) in [5, 5.41) is 21.8. The van der Waals surface area contributed by atoms with Gasteiger partial charge in [-0.2, -0.15) is 15.3 Å². The van der Waals surface area contributed by atoms with Crippen molar-refractivity contribution in [2.75, 3.05) is 0 Å². The molecule has 17 heavy (non-hydrogen) atoms. The van der Waals surface area contributed by atoms with E-state index in [4.69, 9.17) is 0 Å². The monoisotopic (exact) mass is 231 g/mol. The van der Waals surface area contributed by atoms with Gasteiger partial charge >= 0.3 is 0 Å². The van der Waals surface area contributed by atoms with Crippen molar-refractivity contribution in [3.05, 3.63) is 39.9 Å². The topological polar surface area (TPSA) is 92.2 Å². The molecule has 7 heteroatoms. The Hall–Kier alpha value is -2.57. The van der Waals surface area contributed by atoms with Crippen LogP contribution in [0, 0.1) is 10.1 Å². The van der Waals surface area contributed by atoms with Crippen LogP contribution >= 0.6 is 0 Å². The lowest BCUT2D eigenvalue weighted by Crippen LogP contribution is -2.25. The van der Waals surface area contributed by atoms with Gasteiger partial charge in [0.05, 0.1) is 23.6 Å². The van der Waals surface area contributed by atoms with E-state index in [1.54, 1.807) is 24.6 Å². The first-order valence-electron chi connectivity index (χ1n) is 4.85. The summed E-state index contributed by atoms with van der Waals surface area (Å²) in [6, 6.07) is 6.10. The number of rotatable bonds is 4. The fourth-order valence-corrected chi connectivity index (χ4v) is 1.24. The maximum absolute atomic E-state index is 10.5. The van der Waals surface area contributed by atoms with Gasteiger partial charge in [-0.05, 0) is 0 Å². The summed E-state index contributed by atoms with van der Waals surface area (Å²) in [6.07, 6.45) is 4.71. The first-order chi connectivity index (χ1) is 8.25. The number of non-ortho nitro benzene ring substituents is 1. The van der Waals surface area contributed by atoms with Crippen molar-refractivity contribution < 1.29 is 4.92 Å². The number of nitro benzene ring substituents is 1. The fourth-order valence-electron chi connectivity index (χ4n) is 1.24. The molecule has 0 radical (unpaired) electrons. The van der Waals surface area contributed by atoms with E-state index >= 15 is 0 Å². The molecule has 1 aliphatic heterocycles. The molecule has 0 spiro atoms. The molecule has 0 saturated carbocycles. The summed E-state index contributed by atoms with van der Waals surface area (Å²) in [6.45, 7) is 0. The van der Waals surface area contributed by atoms with Crippen LogP contribution < -0.4 is 5.43 Å². The average Bonchev–Trinajstić information content (AvgIpc) is 2.82. The molecule has 0 saturated heterocycles. The molecule has 1 aromatic rings. The number of nitrogens with one attached hydrogen (secondary N) is 1. The van der Waals surface area contributed by atoms with E-state index in [1.807, 2.05) is 0 Å². The van der Waals surface area contributed by atoms with Crippen molar-refractivity contribution in [2.45, 2.75) is 6.04 Å². The molecule has 2 rings (SSSR count). The predicted octanol–water partition coefficient (Wildman–Crippen LogP) is 0.957. The van der Waals surface area contributed by atoms with Gasteiger partial charge < -0.3 is 0 Å². The Morgan fingerprint density at radius 2 is 2.18 bits per heavy atom. The lowest BCUT2D eigenvalue weighted by atomic mass is 10.2. The highest BCUT2D eigenvalue weighted by atomic mass is 16.6. The highest BCUT2D eigenvalue weighted by Crippen LogP contribution is 2.11. The molecule has 0 amide bonds. The normalized spacial score (nSPS) is 14.6. The molecule has 0 bridgehead atoms. The highest BCUT2D eigenvalue weighted by Gasteiger charge is 2.05. The van der Waals surface area contributed by atoms with Crippen molar-refractivity contribution in [3.8, 4) is 0 Å². The first kappa shape index (κ1) is 10.9. The predicted molar refractivity (Wildman–Crippen MR) is 64.6 cm³/mol. The van der Waals surface area contributed by atoms with Gasteiger partial charge in [-0.25, -0.2) is 0 Å². The molecule has 1 aromatic carbocycles. The molecule has 0 unspecified atom stereocenters. The Morgan fingerprint density at radius 1 is 1.41 bits per heavy atom. The molecule has 1 heterocycles. The zero-order valence-electron chi connectivity index (χ0n) is 8.72. The van der Waals surface area contributed by atoms with Gasteiger partial charge in [-0.1, -0.05) is 12.1 Å². The van der Waals surface area contributed by atoms with Crippen molar-refractivity contribution in [2.24, 2.45) is 15.3 Å². The van der Waals surface area contributed by atoms with Gasteiger partial charge in [0.15, 0.2) is 0 Å². The quantitative estimate of drug-likeness (QED) is 0.475. The van der Waals surface area contributed by atoms with E-state index in [9.17, 15) is 10.1 Å². The number of nitro groups is 1. The molecular formula is C10H9N5O2. The maximum Gasteiger partial charge on any atom is 0.270 e. The number of hydrazone groups is 1. The summed E-state index contributed by atoms with van der Waals surface area (Å²) in [5.74, 6) is 0. The lowest BCUT2D eigenvalue weighted by molar-refractivity contribution is -0.384. The van der Waals surface area contributed by atoms with Crippen LogP contribution in [-0.4, -0.2) is 29.6 Å². The van der Waals surface area contributed by atoms with Crippen LogP contribution in [0.15, 0.2) is 39.6 Å². The van der Waals surface area contributed by atoms with Gasteiger partial charge in [0.2, 0.25) is 0 Å². The van der Waals surface area contributed by atoms with Crippen LogP contribution in [0.25, 0.3) is 0 Å². The average molecular weight is 231 g/mol. The molecule has 7 nitrogen and oxygen atoms in total. The van der Waals surface area contributed by atoms with Gasteiger partial charge in [0.1, 0.15) is 6.04 Å². The summed E-state index contributed by atoms with van der Waals surface area (Å²) in [5.41, 5.74) is 3.47. The van der Waals surface area contributed by atoms with E-state index < -0.39 is 4.92 Å². The van der Waals surface area contributed by atoms with E-state index in [-0.39, 0.29) is 11.7 Å². The largest absolute Gasteiger partial charge is 0.296 e. The first-order valence-corrected chi connectivity index (χ1v) is 4.85. The van der Waals surface area contributed by atoms with Gasteiger partial charge in [-0.15, -0.1) is 0 Å². The summed E-state index contributed by atoms with van der Waals surface area (Å²) in [7, 11) is 0.